The van der Waals surface area contributed by atoms with Crippen LogP contribution in [0.1, 0.15) is 155 Å². The maximum Gasteiger partial charge on any atom is 0.264 e. The van der Waals surface area contributed by atoms with Gasteiger partial charge in [-0.1, -0.05) is 144 Å². The highest BCUT2D eigenvalue weighted by molar-refractivity contribution is 7.33. The molecule has 1 aromatic heterocycles. The Morgan fingerprint density at radius 2 is 1.09 bits per heavy atom. The summed E-state index contributed by atoms with van der Waals surface area (Å²) in [6, 6.07) is 46.2. The molecule has 0 atom stereocenters. The first-order valence-corrected chi connectivity index (χ1v) is 25.8. The van der Waals surface area contributed by atoms with Gasteiger partial charge in [0, 0.05) is 43.3 Å². The molecule has 0 unspecified atom stereocenters. The monoisotopic (exact) mass is 883 g/mol. The molecule has 1 saturated carbocycles. The second-order valence-electron chi connectivity index (χ2n) is 25.0. The number of rotatable bonds is 3. The minimum Gasteiger partial charge on any atom is -0.311 e. The third-order valence-corrected chi connectivity index (χ3v) is 18.8. The molecule has 7 aromatic rings. The minimum absolute atomic E-state index is 0.0000770. The van der Waals surface area contributed by atoms with E-state index in [1.165, 1.54) is 132 Å². The van der Waals surface area contributed by atoms with Crippen LogP contribution in [-0.2, 0) is 32.5 Å². The van der Waals surface area contributed by atoms with Crippen LogP contribution < -0.4 is 25.5 Å². The van der Waals surface area contributed by atoms with Gasteiger partial charge in [0.25, 0.3) is 6.71 Å². The molecule has 0 amide bonds. The van der Waals surface area contributed by atoms with E-state index >= 15 is 0 Å². The van der Waals surface area contributed by atoms with Gasteiger partial charge in [-0.2, -0.15) is 0 Å². The summed E-state index contributed by atoms with van der Waals surface area (Å²) < 4.78 is 2.91. The first kappa shape index (κ1) is 42.3. The molecule has 4 aliphatic carbocycles. The fraction of sp³-hybridized carbons (Fsp3) is 0.387. The molecule has 0 saturated heterocycles. The van der Waals surface area contributed by atoms with Crippen molar-refractivity contribution >= 4 is 78.0 Å². The smallest absolute Gasteiger partial charge is 0.264 e. The van der Waals surface area contributed by atoms with E-state index in [2.05, 4.69) is 219 Å². The first-order valence-electron chi connectivity index (χ1n) is 25.0. The van der Waals surface area contributed by atoms with Crippen LogP contribution in [0.25, 0.3) is 21.2 Å². The maximum atomic E-state index is 2.75. The summed E-state index contributed by atoms with van der Waals surface area (Å²) in [5.41, 5.74) is 22.7. The lowest BCUT2D eigenvalue weighted by molar-refractivity contribution is 0.188. The van der Waals surface area contributed by atoms with Gasteiger partial charge in [-0.25, -0.2) is 0 Å². The van der Waals surface area contributed by atoms with Crippen molar-refractivity contribution in [2.45, 2.75) is 154 Å². The van der Waals surface area contributed by atoms with Gasteiger partial charge >= 0.3 is 0 Å². The van der Waals surface area contributed by atoms with Crippen LogP contribution in [-0.4, -0.2) is 6.71 Å². The molecule has 0 N–H and O–H groups in total. The van der Waals surface area contributed by atoms with Crippen molar-refractivity contribution in [2.24, 2.45) is 0 Å². The van der Waals surface area contributed by atoms with Gasteiger partial charge < -0.3 is 9.80 Å². The molecule has 13 rings (SSSR count). The number of hydrogen-bond acceptors (Lipinski definition) is 3. The van der Waals surface area contributed by atoms with E-state index < -0.39 is 0 Å². The van der Waals surface area contributed by atoms with E-state index in [0.29, 0.717) is 0 Å². The van der Waals surface area contributed by atoms with E-state index in [1.807, 2.05) is 0 Å². The summed E-state index contributed by atoms with van der Waals surface area (Å²) in [5.74, 6) is 0. The maximum absolute atomic E-state index is 2.75. The highest BCUT2D eigenvalue weighted by atomic mass is 32.1. The number of thiophene rings is 1. The minimum atomic E-state index is -0.0170. The molecule has 1 fully saturated rings. The summed E-state index contributed by atoms with van der Waals surface area (Å²) in [6.45, 7) is 29.2. The summed E-state index contributed by atoms with van der Waals surface area (Å²) in [5, 5.41) is 1.42. The highest BCUT2D eigenvalue weighted by Gasteiger charge is 2.50. The van der Waals surface area contributed by atoms with Gasteiger partial charge in [-0.05, 0) is 181 Å². The lowest BCUT2D eigenvalue weighted by Gasteiger charge is -2.52. The molecule has 0 radical (unpaired) electrons. The molecule has 6 aromatic carbocycles. The molecule has 2 bridgehead atoms. The molecule has 6 aliphatic rings. The van der Waals surface area contributed by atoms with Gasteiger partial charge in [-0.15, -0.1) is 11.3 Å². The molecule has 0 spiro atoms. The molecule has 2 nitrogen and oxygen atoms in total. The number of hydrogen-bond donors (Lipinski definition) is 0. The van der Waals surface area contributed by atoms with Crippen LogP contribution in [0, 0.1) is 0 Å². The number of benzene rings is 6. The summed E-state index contributed by atoms with van der Waals surface area (Å²) in [6.07, 6.45) is 7.52. The topological polar surface area (TPSA) is 6.48 Å². The van der Waals surface area contributed by atoms with Gasteiger partial charge in [0.2, 0.25) is 0 Å². The predicted octanol–water partition coefficient (Wildman–Crippen LogP) is 15.7. The highest BCUT2D eigenvalue weighted by Crippen LogP contribution is 2.59. The second kappa shape index (κ2) is 13.8. The Morgan fingerprint density at radius 3 is 1.76 bits per heavy atom. The molecule has 334 valence electrons. The van der Waals surface area contributed by atoms with Crippen LogP contribution in [0.4, 0.5) is 34.1 Å². The van der Waals surface area contributed by atoms with Crippen LogP contribution >= 0.6 is 11.3 Å². The lowest BCUT2D eigenvalue weighted by Crippen LogP contribution is -2.60. The molecule has 3 heterocycles. The first-order chi connectivity index (χ1) is 31.2. The standard InChI is InChI=1S/C62H67BN2S/c1-57(2,3)40-19-16-20-42(33-40)64-50-34-41(58(4,5)6)21-24-49(50)63-54-51(64)31-39(38-17-14-13-15-18-38)32-52(54)65(43-22-23-45-46(35-43)60(9,10)26-25-59(45,7)8)55-44-36-47-48(37-53(44)66-56(55)63)62(12)29-27-61(47,11)28-30-62/h13-24,31-37H,25-30H2,1-12H3. The summed E-state index contributed by atoms with van der Waals surface area (Å²) in [7, 11) is 0. The Bertz CT molecular complexity index is 3160. The fourth-order valence-electron chi connectivity index (χ4n) is 13.1. The molecular formula is C62H67BN2S. The van der Waals surface area contributed by atoms with E-state index in [0.717, 1.165) is 0 Å². The Labute approximate surface area is 399 Å². The molecule has 2 aliphatic heterocycles. The van der Waals surface area contributed by atoms with Crippen LogP contribution in [0.15, 0.2) is 115 Å². The third-order valence-electron chi connectivity index (χ3n) is 17.6. The zero-order valence-electron chi connectivity index (χ0n) is 41.6. The predicted molar refractivity (Wildman–Crippen MR) is 287 cm³/mol. The number of nitrogens with zero attached hydrogens (tertiary/aromatic N) is 2. The average Bonchev–Trinajstić information content (AvgIpc) is 3.65. The zero-order valence-corrected chi connectivity index (χ0v) is 42.4. The van der Waals surface area contributed by atoms with Gasteiger partial charge in [-0.3, -0.25) is 0 Å². The Morgan fingerprint density at radius 1 is 0.485 bits per heavy atom. The second-order valence-corrected chi connectivity index (χ2v) is 26.1. The Kier molecular flexibility index (Phi) is 8.83. The molecular weight excluding hydrogens is 816 g/mol. The number of fused-ring (bicyclic) bond motifs is 9. The third kappa shape index (κ3) is 6.11. The average molecular weight is 883 g/mol. The van der Waals surface area contributed by atoms with Crippen LogP contribution in [0.5, 0.6) is 0 Å². The lowest BCUT2D eigenvalue weighted by atomic mass is 9.36. The van der Waals surface area contributed by atoms with E-state index in [9.17, 15) is 0 Å². The van der Waals surface area contributed by atoms with Crippen molar-refractivity contribution < 1.29 is 0 Å². The van der Waals surface area contributed by atoms with Crippen molar-refractivity contribution in [3.05, 3.63) is 149 Å². The molecule has 66 heavy (non-hydrogen) atoms. The SMILES string of the molecule is CC(C)(C)c1cccc(N2c3cc(C(C)(C)C)ccc3B3c4sc5cc6c(cc5c4N(c4ccc5c(c4)C(C)(C)CCC5(C)C)c4cc(-c5ccccc5)cc2c43)C2(C)CCC6(C)CC2)c1. The van der Waals surface area contributed by atoms with Crippen molar-refractivity contribution in [1.82, 2.24) is 0 Å². The Balaban J connectivity index is 1.23. The summed E-state index contributed by atoms with van der Waals surface area (Å²) >= 11 is 2.08. The van der Waals surface area contributed by atoms with Crippen LogP contribution in [0.2, 0.25) is 0 Å². The van der Waals surface area contributed by atoms with Gasteiger partial charge in [0.05, 0.1) is 5.69 Å². The van der Waals surface area contributed by atoms with Crippen LogP contribution in [0.3, 0.4) is 0 Å². The number of anilines is 6. The normalized spacial score (nSPS) is 22.2. The quantitative estimate of drug-likeness (QED) is 0.163. The summed E-state index contributed by atoms with van der Waals surface area (Å²) in [4.78, 5) is 5.40. The van der Waals surface area contributed by atoms with E-state index in [4.69, 9.17) is 0 Å². The largest absolute Gasteiger partial charge is 0.311 e. The van der Waals surface area contributed by atoms with E-state index in [-0.39, 0.29) is 39.2 Å². The van der Waals surface area contributed by atoms with Crippen molar-refractivity contribution in [3.63, 3.8) is 0 Å². The molecule has 4 heteroatoms. The van der Waals surface area contributed by atoms with Gasteiger partial charge in [0.15, 0.2) is 0 Å². The Hall–Kier alpha value is -5.06. The van der Waals surface area contributed by atoms with Crippen molar-refractivity contribution in [1.29, 1.82) is 0 Å². The van der Waals surface area contributed by atoms with Crippen molar-refractivity contribution in [2.75, 3.05) is 9.80 Å². The zero-order chi connectivity index (χ0) is 46.1. The van der Waals surface area contributed by atoms with Crippen molar-refractivity contribution in [3.8, 4) is 11.1 Å². The van der Waals surface area contributed by atoms with E-state index in [1.54, 1.807) is 11.1 Å². The fourth-order valence-corrected chi connectivity index (χ4v) is 14.4. The van der Waals surface area contributed by atoms with Gasteiger partial charge in [0.1, 0.15) is 0 Å².